The van der Waals surface area contributed by atoms with Crippen LogP contribution in [0.1, 0.15) is 25.7 Å². The number of piperidine rings is 1. The number of aromatic nitrogens is 2. The monoisotopic (exact) mass is 322 g/mol. The van der Waals surface area contributed by atoms with Crippen molar-refractivity contribution in [2.24, 2.45) is 0 Å². The molecule has 0 amide bonds. The van der Waals surface area contributed by atoms with Crippen molar-refractivity contribution in [1.82, 2.24) is 15.1 Å². The fourth-order valence-electron chi connectivity index (χ4n) is 3.81. The second kappa shape index (κ2) is 4.83. The Morgan fingerprint density at radius 3 is 2.86 bits per heavy atom. The third-order valence-electron chi connectivity index (χ3n) is 5.25. The van der Waals surface area contributed by atoms with E-state index in [1.165, 1.54) is 25.0 Å². The Hall–Kier alpha value is -1.33. The SMILES string of the molecule is CN(C)C1CCN(c2n[nH]c3cc(F)cc(Cl)c23)C2(CC2)C1. The first kappa shape index (κ1) is 14.3. The molecule has 2 heterocycles. The minimum Gasteiger partial charge on any atom is -0.349 e. The molecule has 1 spiro atoms. The van der Waals surface area contributed by atoms with Gasteiger partial charge in [-0.3, -0.25) is 5.10 Å². The molecule has 2 fully saturated rings. The number of rotatable bonds is 2. The van der Waals surface area contributed by atoms with Crippen LogP contribution in [0.4, 0.5) is 10.2 Å². The molecule has 2 aliphatic rings. The fraction of sp³-hybridized carbons (Fsp3) is 0.562. The number of H-pyrrole nitrogens is 1. The van der Waals surface area contributed by atoms with E-state index >= 15 is 0 Å². The third-order valence-corrected chi connectivity index (χ3v) is 5.55. The average molecular weight is 323 g/mol. The molecule has 6 heteroatoms. The Balaban J connectivity index is 1.74. The van der Waals surface area contributed by atoms with Crippen LogP contribution in [0, 0.1) is 5.82 Å². The number of halogens is 2. The van der Waals surface area contributed by atoms with Crippen LogP contribution >= 0.6 is 11.6 Å². The van der Waals surface area contributed by atoms with Gasteiger partial charge in [0.15, 0.2) is 5.82 Å². The predicted molar refractivity (Wildman–Crippen MR) is 87.1 cm³/mol. The number of fused-ring (bicyclic) bond motifs is 1. The van der Waals surface area contributed by atoms with Crippen LogP contribution in [0.25, 0.3) is 10.9 Å². The zero-order chi connectivity index (χ0) is 15.5. The average Bonchev–Trinajstić information content (AvgIpc) is 3.08. The number of anilines is 1. The second-order valence-electron chi connectivity index (χ2n) is 6.84. The first-order valence-corrected chi connectivity index (χ1v) is 8.15. The molecule has 1 saturated heterocycles. The van der Waals surface area contributed by atoms with Gasteiger partial charge in [0, 0.05) is 18.1 Å². The van der Waals surface area contributed by atoms with E-state index < -0.39 is 0 Å². The van der Waals surface area contributed by atoms with Crippen molar-refractivity contribution in [2.75, 3.05) is 25.5 Å². The van der Waals surface area contributed by atoms with Crippen molar-refractivity contribution < 1.29 is 4.39 Å². The highest BCUT2D eigenvalue weighted by Crippen LogP contribution is 2.51. The maximum Gasteiger partial charge on any atom is 0.160 e. The van der Waals surface area contributed by atoms with Crippen molar-refractivity contribution in [1.29, 1.82) is 0 Å². The smallest absolute Gasteiger partial charge is 0.160 e. The zero-order valence-corrected chi connectivity index (χ0v) is 13.6. The topological polar surface area (TPSA) is 35.2 Å². The molecule has 22 heavy (non-hydrogen) atoms. The van der Waals surface area contributed by atoms with Crippen molar-refractivity contribution in [3.8, 4) is 0 Å². The van der Waals surface area contributed by atoms with Crippen molar-refractivity contribution in [3.05, 3.63) is 23.0 Å². The summed E-state index contributed by atoms with van der Waals surface area (Å²) < 4.78 is 13.5. The number of aromatic amines is 1. The lowest BCUT2D eigenvalue weighted by molar-refractivity contribution is 0.217. The molecular formula is C16H20ClFN4. The van der Waals surface area contributed by atoms with Crippen LogP contribution < -0.4 is 4.90 Å². The van der Waals surface area contributed by atoms with Crippen molar-refractivity contribution in [3.63, 3.8) is 0 Å². The molecule has 4 nitrogen and oxygen atoms in total. The molecule has 1 aromatic carbocycles. The molecule has 1 aliphatic heterocycles. The van der Waals surface area contributed by atoms with Gasteiger partial charge in [-0.05, 0) is 51.9 Å². The van der Waals surface area contributed by atoms with Gasteiger partial charge >= 0.3 is 0 Å². The van der Waals surface area contributed by atoms with Crippen molar-refractivity contribution in [2.45, 2.75) is 37.3 Å². The van der Waals surface area contributed by atoms with Crippen LogP contribution in [0.2, 0.25) is 5.02 Å². The van der Waals surface area contributed by atoms with Crippen LogP contribution in [0.3, 0.4) is 0 Å². The maximum atomic E-state index is 13.5. The number of benzene rings is 1. The Bertz CT molecular complexity index is 722. The molecular weight excluding hydrogens is 303 g/mol. The maximum absolute atomic E-state index is 13.5. The summed E-state index contributed by atoms with van der Waals surface area (Å²) in [7, 11) is 4.31. The molecule has 1 aliphatic carbocycles. The van der Waals surface area contributed by atoms with Gasteiger partial charge < -0.3 is 9.80 Å². The van der Waals surface area contributed by atoms with E-state index in [0.717, 1.165) is 30.6 Å². The molecule has 2 aromatic rings. The van der Waals surface area contributed by atoms with Crippen LogP contribution in [-0.2, 0) is 0 Å². The fourth-order valence-corrected chi connectivity index (χ4v) is 4.10. The minimum atomic E-state index is -0.333. The third kappa shape index (κ3) is 2.10. The molecule has 1 N–H and O–H groups in total. The summed E-state index contributed by atoms with van der Waals surface area (Å²) in [4.78, 5) is 4.72. The standard InChI is InChI=1S/C16H20ClFN4/c1-21(2)11-3-6-22(16(9-11)4-5-16)15-14-12(17)7-10(18)8-13(14)19-20-15/h7-8,11H,3-6,9H2,1-2H3,(H,19,20). The highest BCUT2D eigenvalue weighted by molar-refractivity contribution is 6.36. The summed E-state index contributed by atoms with van der Waals surface area (Å²) in [6.45, 7) is 0.969. The lowest BCUT2D eigenvalue weighted by Gasteiger charge is -2.42. The number of nitrogens with zero attached hydrogens (tertiary/aromatic N) is 3. The van der Waals surface area contributed by atoms with E-state index in [9.17, 15) is 4.39 Å². The van der Waals surface area contributed by atoms with Crippen LogP contribution in [0.15, 0.2) is 12.1 Å². The first-order chi connectivity index (χ1) is 10.5. The zero-order valence-electron chi connectivity index (χ0n) is 12.9. The van der Waals surface area contributed by atoms with Gasteiger partial charge in [-0.15, -0.1) is 0 Å². The second-order valence-corrected chi connectivity index (χ2v) is 7.25. The summed E-state index contributed by atoms with van der Waals surface area (Å²) >= 11 is 6.29. The van der Waals surface area contributed by atoms with E-state index in [4.69, 9.17) is 11.6 Å². The molecule has 0 bridgehead atoms. The molecule has 118 valence electrons. The quantitative estimate of drug-likeness (QED) is 0.920. The number of hydrogen-bond donors (Lipinski definition) is 1. The van der Waals surface area contributed by atoms with Gasteiger partial charge in [0.1, 0.15) is 5.82 Å². The molecule has 1 saturated carbocycles. The van der Waals surface area contributed by atoms with Gasteiger partial charge in [-0.25, -0.2) is 4.39 Å². The largest absolute Gasteiger partial charge is 0.349 e. The van der Waals surface area contributed by atoms with Crippen LogP contribution in [0.5, 0.6) is 0 Å². The van der Waals surface area contributed by atoms with E-state index in [2.05, 4.69) is 34.1 Å². The van der Waals surface area contributed by atoms with E-state index in [1.807, 2.05) is 0 Å². The molecule has 0 radical (unpaired) electrons. The van der Waals surface area contributed by atoms with Gasteiger partial charge in [0.25, 0.3) is 0 Å². The summed E-state index contributed by atoms with van der Waals surface area (Å²) in [5.41, 5.74) is 0.887. The Kier molecular flexibility index (Phi) is 3.13. The Labute approximate surface area is 134 Å². The normalized spacial score (nSPS) is 23.7. The van der Waals surface area contributed by atoms with Crippen molar-refractivity contribution >= 4 is 28.3 Å². The summed E-state index contributed by atoms with van der Waals surface area (Å²) in [6, 6.07) is 3.45. The summed E-state index contributed by atoms with van der Waals surface area (Å²) in [6.07, 6.45) is 4.67. The Morgan fingerprint density at radius 1 is 1.41 bits per heavy atom. The van der Waals surface area contributed by atoms with Gasteiger partial charge in [0.2, 0.25) is 0 Å². The van der Waals surface area contributed by atoms with E-state index in [-0.39, 0.29) is 11.4 Å². The van der Waals surface area contributed by atoms with Gasteiger partial charge in [-0.2, -0.15) is 5.10 Å². The molecule has 1 aromatic heterocycles. The molecule has 4 rings (SSSR count). The predicted octanol–water partition coefficient (Wildman–Crippen LogP) is 3.42. The van der Waals surface area contributed by atoms with Gasteiger partial charge in [0.05, 0.1) is 15.9 Å². The van der Waals surface area contributed by atoms with E-state index in [0.29, 0.717) is 16.6 Å². The number of nitrogens with one attached hydrogen (secondary N) is 1. The highest BCUT2D eigenvalue weighted by Gasteiger charge is 2.52. The highest BCUT2D eigenvalue weighted by atomic mass is 35.5. The Morgan fingerprint density at radius 2 is 2.18 bits per heavy atom. The lowest BCUT2D eigenvalue weighted by Crippen LogP contribution is -2.50. The lowest BCUT2D eigenvalue weighted by atomic mass is 9.94. The van der Waals surface area contributed by atoms with E-state index in [1.54, 1.807) is 0 Å². The minimum absolute atomic E-state index is 0.215. The summed E-state index contributed by atoms with van der Waals surface area (Å²) in [5.74, 6) is 0.551. The number of hydrogen-bond acceptors (Lipinski definition) is 3. The van der Waals surface area contributed by atoms with Gasteiger partial charge in [-0.1, -0.05) is 11.6 Å². The van der Waals surface area contributed by atoms with Crippen LogP contribution in [-0.4, -0.2) is 47.3 Å². The first-order valence-electron chi connectivity index (χ1n) is 7.77. The molecule has 1 atom stereocenters. The molecule has 1 unspecified atom stereocenters. The summed E-state index contributed by atoms with van der Waals surface area (Å²) in [5, 5.41) is 8.68.